The van der Waals surface area contributed by atoms with E-state index in [1.54, 1.807) is 6.07 Å². The highest BCUT2D eigenvalue weighted by Crippen LogP contribution is 2.22. The third kappa shape index (κ3) is 5.33. The molecule has 1 saturated carbocycles. The van der Waals surface area contributed by atoms with Gasteiger partial charge in [-0.1, -0.05) is 37.5 Å². The number of rotatable bonds is 6. The van der Waals surface area contributed by atoms with Crippen molar-refractivity contribution in [1.29, 1.82) is 0 Å². The van der Waals surface area contributed by atoms with E-state index in [-0.39, 0.29) is 24.3 Å². The predicted molar refractivity (Wildman–Crippen MR) is 131 cm³/mol. The van der Waals surface area contributed by atoms with Gasteiger partial charge in [-0.3, -0.25) is 9.59 Å². The van der Waals surface area contributed by atoms with E-state index in [9.17, 15) is 9.59 Å². The Kier molecular flexibility index (Phi) is 6.92. The number of benzene rings is 2. The Hall–Kier alpha value is -3.41. The molecule has 172 valence electrons. The van der Waals surface area contributed by atoms with Gasteiger partial charge in [-0.05, 0) is 69.5 Å². The van der Waals surface area contributed by atoms with Crippen molar-refractivity contribution in [1.82, 2.24) is 15.1 Å². The molecule has 0 saturated heterocycles. The van der Waals surface area contributed by atoms with E-state index < -0.39 is 0 Å². The maximum absolute atomic E-state index is 12.8. The lowest BCUT2D eigenvalue weighted by Crippen LogP contribution is -2.36. The molecule has 0 radical (unpaired) electrons. The van der Waals surface area contributed by atoms with Gasteiger partial charge in [0.05, 0.1) is 17.8 Å². The minimum absolute atomic E-state index is 0.0394. The molecule has 6 heteroatoms. The number of nitrogens with one attached hydrogen (secondary N) is 2. The van der Waals surface area contributed by atoms with Crippen molar-refractivity contribution in [2.45, 2.75) is 65.3 Å². The SMILES string of the molecule is Cc1cc(C(=O)NC2CCCCC2)ccc1NC(=O)Cc1c(C)nn(-c2ccccc2)c1C. The Bertz CT molecular complexity index is 1140. The Morgan fingerprint density at radius 1 is 1.00 bits per heavy atom. The van der Waals surface area contributed by atoms with Crippen molar-refractivity contribution in [2.24, 2.45) is 0 Å². The molecule has 0 aliphatic heterocycles. The lowest BCUT2D eigenvalue weighted by molar-refractivity contribution is -0.115. The first-order valence-electron chi connectivity index (χ1n) is 11.7. The van der Waals surface area contributed by atoms with E-state index in [1.807, 2.05) is 67.9 Å². The van der Waals surface area contributed by atoms with E-state index in [0.717, 1.165) is 46.7 Å². The highest BCUT2D eigenvalue weighted by molar-refractivity contribution is 5.97. The third-order valence-corrected chi connectivity index (χ3v) is 6.48. The number of hydrogen-bond acceptors (Lipinski definition) is 3. The molecule has 3 aromatic rings. The van der Waals surface area contributed by atoms with Crippen molar-refractivity contribution < 1.29 is 9.59 Å². The lowest BCUT2D eigenvalue weighted by atomic mass is 9.95. The van der Waals surface area contributed by atoms with Crippen molar-refractivity contribution in [3.63, 3.8) is 0 Å². The number of hydrogen-bond donors (Lipinski definition) is 2. The normalized spacial score (nSPS) is 14.2. The summed E-state index contributed by atoms with van der Waals surface area (Å²) in [6.07, 6.45) is 5.97. The fourth-order valence-electron chi connectivity index (χ4n) is 4.57. The van der Waals surface area contributed by atoms with E-state index in [2.05, 4.69) is 15.7 Å². The molecular weight excluding hydrogens is 412 g/mol. The number of anilines is 1. The van der Waals surface area contributed by atoms with Gasteiger partial charge in [-0.15, -0.1) is 0 Å². The number of carbonyl (C=O) groups is 2. The summed E-state index contributed by atoms with van der Waals surface area (Å²) in [4.78, 5) is 25.5. The van der Waals surface area contributed by atoms with Crippen molar-refractivity contribution in [2.75, 3.05) is 5.32 Å². The third-order valence-electron chi connectivity index (χ3n) is 6.48. The number of nitrogens with zero attached hydrogens (tertiary/aromatic N) is 2. The molecule has 1 aliphatic carbocycles. The van der Waals surface area contributed by atoms with Gasteiger partial charge in [0.25, 0.3) is 5.91 Å². The first kappa shape index (κ1) is 22.8. The molecule has 1 heterocycles. The first-order valence-corrected chi connectivity index (χ1v) is 11.7. The Balaban J connectivity index is 1.42. The maximum Gasteiger partial charge on any atom is 0.251 e. The second-order valence-electron chi connectivity index (χ2n) is 8.96. The minimum atomic E-state index is -0.101. The molecule has 1 aromatic heterocycles. The molecule has 0 spiro atoms. The predicted octanol–water partition coefficient (Wildman–Crippen LogP) is 5.04. The van der Waals surface area contributed by atoms with Crippen LogP contribution in [-0.4, -0.2) is 27.6 Å². The highest BCUT2D eigenvalue weighted by atomic mass is 16.2. The van der Waals surface area contributed by atoms with E-state index in [4.69, 9.17) is 0 Å². The van der Waals surface area contributed by atoms with Crippen LogP contribution >= 0.6 is 0 Å². The van der Waals surface area contributed by atoms with Crippen LogP contribution in [0.25, 0.3) is 5.69 Å². The van der Waals surface area contributed by atoms with Crippen molar-refractivity contribution in [3.05, 3.63) is 76.6 Å². The van der Waals surface area contributed by atoms with Gasteiger partial charge in [0.1, 0.15) is 0 Å². The molecule has 33 heavy (non-hydrogen) atoms. The molecule has 1 aliphatic rings. The molecule has 2 N–H and O–H groups in total. The average molecular weight is 445 g/mol. The van der Waals surface area contributed by atoms with E-state index >= 15 is 0 Å². The second-order valence-corrected chi connectivity index (χ2v) is 8.96. The smallest absolute Gasteiger partial charge is 0.251 e. The Morgan fingerprint density at radius 2 is 1.73 bits per heavy atom. The first-order chi connectivity index (χ1) is 15.9. The molecule has 2 aromatic carbocycles. The molecule has 0 atom stereocenters. The summed E-state index contributed by atoms with van der Waals surface area (Å²) in [5, 5.41) is 10.8. The van der Waals surface area contributed by atoms with Gasteiger partial charge in [0.15, 0.2) is 0 Å². The number of para-hydroxylation sites is 1. The lowest BCUT2D eigenvalue weighted by Gasteiger charge is -2.23. The molecule has 6 nitrogen and oxygen atoms in total. The van der Waals surface area contributed by atoms with Crippen LogP contribution in [-0.2, 0) is 11.2 Å². The Morgan fingerprint density at radius 3 is 2.42 bits per heavy atom. The number of aromatic nitrogens is 2. The van der Waals surface area contributed by atoms with Gasteiger partial charge in [0.2, 0.25) is 5.91 Å². The minimum Gasteiger partial charge on any atom is -0.349 e. The summed E-state index contributed by atoms with van der Waals surface area (Å²) in [5.74, 6) is -0.140. The van der Waals surface area contributed by atoms with Gasteiger partial charge in [0, 0.05) is 28.6 Å². The van der Waals surface area contributed by atoms with Crippen LogP contribution in [0, 0.1) is 20.8 Å². The number of aryl methyl sites for hydroxylation is 2. The van der Waals surface area contributed by atoms with Crippen LogP contribution in [0.1, 0.15) is 65.0 Å². The van der Waals surface area contributed by atoms with E-state index in [0.29, 0.717) is 5.56 Å². The molecule has 2 amide bonds. The van der Waals surface area contributed by atoms with Crippen LogP contribution in [0.2, 0.25) is 0 Å². The van der Waals surface area contributed by atoms with Gasteiger partial charge >= 0.3 is 0 Å². The van der Waals surface area contributed by atoms with Crippen LogP contribution in [0.4, 0.5) is 5.69 Å². The zero-order valence-corrected chi connectivity index (χ0v) is 19.6. The van der Waals surface area contributed by atoms with Crippen molar-refractivity contribution in [3.8, 4) is 5.69 Å². The van der Waals surface area contributed by atoms with Gasteiger partial charge in [-0.25, -0.2) is 4.68 Å². The fourth-order valence-corrected chi connectivity index (χ4v) is 4.57. The maximum atomic E-state index is 12.8. The van der Waals surface area contributed by atoms with Crippen LogP contribution in [0.3, 0.4) is 0 Å². The summed E-state index contributed by atoms with van der Waals surface area (Å²) < 4.78 is 1.88. The highest BCUT2D eigenvalue weighted by Gasteiger charge is 2.19. The summed E-state index contributed by atoms with van der Waals surface area (Å²) in [7, 11) is 0. The topological polar surface area (TPSA) is 76.0 Å². The standard InChI is InChI=1S/C27H32N4O2/c1-18-16-21(27(33)28-22-10-6-4-7-11-22)14-15-25(18)29-26(32)17-24-19(2)30-31(20(24)3)23-12-8-5-9-13-23/h5,8-9,12-16,22H,4,6-7,10-11,17H2,1-3H3,(H,28,33)(H,29,32). The van der Waals surface area contributed by atoms with E-state index in [1.165, 1.54) is 19.3 Å². The van der Waals surface area contributed by atoms with Crippen LogP contribution in [0.5, 0.6) is 0 Å². The number of carbonyl (C=O) groups excluding carboxylic acids is 2. The second kappa shape index (κ2) is 10.0. The molecule has 0 unspecified atom stereocenters. The Labute approximate surface area is 195 Å². The summed E-state index contributed by atoms with van der Waals surface area (Å²) >= 11 is 0. The van der Waals surface area contributed by atoms with Gasteiger partial charge < -0.3 is 10.6 Å². The van der Waals surface area contributed by atoms with Crippen LogP contribution in [0.15, 0.2) is 48.5 Å². The fraction of sp³-hybridized carbons (Fsp3) is 0.370. The quantitative estimate of drug-likeness (QED) is 0.559. The number of amides is 2. The summed E-state index contributed by atoms with van der Waals surface area (Å²) in [6.45, 7) is 5.83. The van der Waals surface area contributed by atoms with Gasteiger partial charge in [-0.2, -0.15) is 5.10 Å². The summed E-state index contributed by atoms with van der Waals surface area (Å²) in [6, 6.07) is 15.6. The van der Waals surface area contributed by atoms with Crippen molar-refractivity contribution >= 4 is 17.5 Å². The molecular formula is C27H32N4O2. The zero-order chi connectivity index (χ0) is 23.4. The summed E-state index contributed by atoms with van der Waals surface area (Å²) in [5.41, 5.74) is 5.93. The largest absolute Gasteiger partial charge is 0.349 e. The monoisotopic (exact) mass is 444 g/mol. The average Bonchev–Trinajstić information content (AvgIpc) is 3.10. The van der Waals surface area contributed by atoms with Crippen LogP contribution < -0.4 is 10.6 Å². The molecule has 1 fully saturated rings. The zero-order valence-electron chi connectivity index (χ0n) is 19.6. The molecule has 4 rings (SSSR count). The molecule has 0 bridgehead atoms.